The van der Waals surface area contributed by atoms with Crippen LogP contribution in [0.25, 0.3) is 10.9 Å². The molecule has 0 aliphatic heterocycles. The van der Waals surface area contributed by atoms with E-state index in [-0.39, 0.29) is 0 Å². The Morgan fingerprint density at radius 2 is 1.86 bits per heavy atom. The van der Waals surface area contributed by atoms with E-state index in [2.05, 4.69) is 17.0 Å². The van der Waals surface area contributed by atoms with Gasteiger partial charge in [-0.25, -0.2) is 13.1 Å². The fraction of sp³-hybridized carbons (Fsp3) is 0.467. The third-order valence-electron chi connectivity index (χ3n) is 3.63. The number of fused-ring (bicyclic) bond motifs is 1. The Morgan fingerprint density at radius 1 is 1.14 bits per heavy atom. The molecule has 1 heterocycles. The largest absolute Gasteiger partial charge is 0.347 e. The van der Waals surface area contributed by atoms with Crippen LogP contribution in [0.3, 0.4) is 0 Å². The number of hydrogen-bond donors (Lipinski definition) is 2. The molecule has 1 aromatic heterocycles. The van der Waals surface area contributed by atoms with E-state index in [0.717, 1.165) is 29.6 Å². The van der Waals surface area contributed by atoms with Crippen molar-refractivity contribution in [2.24, 2.45) is 7.05 Å². The molecule has 1 aromatic carbocycles. The molecule has 0 saturated heterocycles. The van der Waals surface area contributed by atoms with Gasteiger partial charge in [0.15, 0.2) is 0 Å². The highest BCUT2D eigenvalue weighted by Crippen LogP contribution is 2.28. The number of nitrogens with zero attached hydrogens (tertiary/aromatic N) is 1. The predicted octanol–water partition coefficient (Wildman–Crippen LogP) is 1.76. The first-order valence-corrected chi connectivity index (χ1v) is 8.71. The van der Waals surface area contributed by atoms with Gasteiger partial charge < -0.3 is 9.88 Å². The lowest BCUT2D eigenvalue weighted by molar-refractivity contribution is 0.575. The van der Waals surface area contributed by atoms with Gasteiger partial charge in [-0.05, 0) is 26.0 Å². The lowest BCUT2D eigenvalue weighted by atomic mass is 10.2. The van der Waals surface area contributed by atoms with Crippen LogP contribution in [0.5, 0.6) is 0 Å². The molecule has 116 valence electrons. The molecule has 0 unspecified atom stereocenters. The van der Waals surface area contributed by atoms with Crippen LogP contribution in [0.4, 0.5) is 0 Å². The molecule has 0 fully saturated rings. The van der Waals surface area contributed by atoms with Gasteiger partial charge in [-0.3, -0.25) is 0 Å². The van der Waals surface area contributed by atoms with E-state index < -0.39 is 10.0 Å². The second-order valence-corrected chi connectivity index (χ2v) is 6.84. The van der Waals surface area contributed by atoms with Gasteiger partial charge in [-0.1, -0.05) is 25.1 Å². The zero-order valence-electron chi connectivity index (χ0n) is 12.8. The van der Waals surface area contributed by atoms with Crippen molar-refractivity contribution in [1.29, 1.82) is 0 Å². The SMILES string of the molecule is CCCNCCNS(=O)(=O)c1c(C)n(C)c2ccccc12. The van der Waals surface area contributed by atoms with E-state index in [1.807, 2.05) is 42.8 Å². The van der Waals surface area contributed by atoms with Crippen molar-refractivity contribution in [1.82, 2.24) is 14.6 Å². The van der Waals surface area contributed by atoms with Crippen molar-refractivity contribution >= 4 is 20.9 Å². The van der Waals surface area contributed by atoms with Crippen molar-refractivity contribution in [3.8, 4) is 0 Å². The molecule has 2 rings (SSSR count). The summed E-state index contributed by atoms with van der Waals surface area (Å²) in [6.45, 7) is 5.84. The molecule has 6 heteroatoms. The predicted molar refractivity (Wildman–Crippen MR) is 86.0 cm³/mol. The maximum atomic E-state index is 12.6. The van der Waals surface area contributed by atoms with Crippen LogP contribution in [0.1, 0.15) is 19.0 Å². The van der Waals surface area contributed by atoms with Crippen molar-refractivity contribution in [3.63, 3.8) is 0 Å². The molecule has 0 saturated carbocycles. The summed E-state index contributed by atoms with van der Waals surface area (Å²) in [5.74, 6) is 0. The molecular formula is C15H23N3O2S. The monoisotopic (exact) mass is 309 g/mol. The number of sulfonamides is 1. The van der Waals surface area contributed by atoms with Crippen LogP contribution in [-0.2, 0) is 17.1 Å². The summed E-state index contributed by atoms with van der Waals surface area (Å²) >= 11 is 0. The molecule has 0 radical (unpaired) electrons. The smallest absolute Gasteiger partial charge is 0.243 e. The fourth-order valence-corrected chi connectivity index (χ4v) is 3.98. The minimum absolute atomic E-state index is 0.385. The van der Waals surface area contributed by atoms with Crippen LogP contribution < -0.4 is 10.0 Å². The van der Waals surface area contributed by atoms with Crippen LogP contribution in [-0.4, -0.2) is 32.6 Å². The zero-order chi connectivity index (χ0) is 15.5. The number of aromatic nitrogens is 1. The Kier molecular flexibility index (Phi) is 5.03. The van der Waals surface area contributed by atoms with Gasteiger partial charge in [0, 0.05) is 36.7 Å². The summed E-state index contributed by atoms with van der Waals surface area (Å²) in [4.78, 5) is 0.385. The highest BCUT2D eigenvalue weighted by atomic mass is 32.2. The van der Waals surface area contributed by atoms with Gasteiger partial charge in [-0.15, -0.1) is 0 Å². The van der Waals surface area contributed by atoms with E-state index in [9.17, 15) is 8.42 Å². The summed E-state index contributed by atoms with van der Waals surface area (Å²) in [6.07, 6.45) is 1.04. The average Bonchev–Trinajstić information content (AvgIpc) is 2.72. The Hall–Kier alpha value is -1.37. The maximum Gasteiger partial charge on any atom is 0.243 e. The van der Waals surface area contributed by atoms with Gasteiger partial charge in [0.05, 0.1) is 0 Å². The summed E-state index contributed by atoms with van der Waals surface area (Å²) in [5.41, 5.74) is 1.68. The first kappa shape index (κ1) is 16.0. The molecule has 0 aliphatic rings. The second kappa shape index (κ2) is 6.60. The first-order valence-electron chi connectivity index (χ1n) is 7.23. The fourth-order valence-electron chi connectivity index (χ4n) is 2.47. The van der Waals surface area contributed by atoms with Gasteiger partial charge in [0.1, 0.15) is 4.90 Å². The maximum absolute atomic E-state index is 12.6. The minimum Gasteiger partial charge on any atom is -0.347 e. The normalized spacial score (nSPS) is 12.1. The molecule has 0 aliphatic carbocycles. The topological polar surface area (TPSA) is 63.1 Å². The number of benzene rings is 1. The Bertz CT molecular complexity index is 720. The molecule has 21 heavy (non-hydrogen) atoms. The second-order valence-electron chi connectivity index (χ2n) is 5.14. The Morgan fingerprint density at radius 3 is 2.57 bits per heavy atom. The van der Waals surface area contributed by atoms with Crippen LogP contribution >= 0.6 is 0 Å². The lowest BCUT2D eigenvalue weighted by Crippen LogP contribution is -2.32. The number of rotatable bonds is 7. The molecule has 0 amide bonds. The van der Waals surface area contributed by atoms with E-state index in [1.165, 1.54) is 0 Å². The number of aryl methyl sites for hydroxylation is 1. The van der Waals surface area contributed by atoms with Crippen molar-refractivity contribution in [3.05, 3.63) is 30.0 Å². The van der Waals surface area contributed by atoms with Crippen molar-refractivity contribution < 1.29 is 8.42 Å². The highest BCUT2D eigenvalue weighted by Gasteiger charge is 2.23. The summed E-state index contributed by atoms with van der Waals surface area (Å²) in [5, 5.41) is 3.95. The lowest BCUT2D eigenvalue weighted by Gasteiger charge is -2.08. The van der Waals surface area contributed by atoms with Crippen molar-refractivity contribution in [2.75, 3.05) is 19.6 Å². The number of nitrogens with one attached hydrogen (secondary N) is 2. The molecule has 2 aromatic rings. The summed E-state index contributed by atoms with van der Waals surface area (Å²) < 4.78 is 29.7. The van der Waals surface area contributed by atoms with Gasteiger partial charge in [-0.2, -0.15) is 0 Å². The van der Waals surface area contributed by atoms with E-state index in [4.69, 9.17) is 0 Å². The molecule has 0 atom stereocenters. The standard InChI is InChI=1S/C15H23N3O2S/c1-4-9-16-10-11-17-21(19,20)15-12(2)18(3)14-8-6-5-7-13(14)15/h5-8,16-17H,4,9-11H2,1-3H3. The molecular weight excluding hydrogens is 286 g/mol. The zero-order valence-corrected chi connectivity index (χ0v) is 13.6. The average molecular weight is 309 g/mol. The number of para-hydroxylation sites is 1. The Balaban J connectivity index is 2.26. The quantitative estimate of drug-likeness (QED) is 0.766. The van der Waals surface area contributed by atoms with Crippen LogP contribution in [0.2, 0.25) is 0 Å². The van der Waals surface area contributed by atoms with E-state index >= 15 is 0 Å². The Labute approximate surface area is 126 Å². The number of hydrogen-bond acceptors (Lipinski definition) is 3. The summed E-state index contributed by atoms with van der Waals surface area (Å²) in [7, 11) is -1.61. The third kappa shape index (κ3) is 3.28. The van der Waals surface area contributed by atoms with E-state index in [0.29, 0.717) is 18.0 Å². The van der Waals surface area contributed by atoms with Gasteiger partial charge in [0.2, 0.25) is 10.0 Å². The third-order valence-corrected chi connectivity index (χ3v) is 5.27. The minimum atomic E-state index is -3.49. The van der Waals surface area contributed by atoms with E-state index in [1.54, 1.807) is 0 Å². The molecule has 0 bridgehead atoms. The molecule has 2 N–H and O–H groups in total. The molecule has 0 spiro atoms. The van der Waals surface area contributed by atoms with Crippen molar-refractivity contribution in [2.45, 2.75) is 25.2 Å². The highest BCUT2D eigenvalue weighted by molar-refractivity contribution is 7.89. The van der Waals surface area contributed by atoms with Gasteiger partial charge in [0.25, 0.3) is 0 Å². The van der Waals surface area contributed by atoms with Crippen LogP contribution in [0, 0.1) is 6.92 Å². The summed E-state index contributed by atoms with van der Waals surface area (Å²) in [6, 6.07) is 7.57. The van der Waals surface area contributed by atoms with Crippen LogP contribution in [0.15, 0.2) is 29.2 Å². The molecule has 5 nitrogen and oxygen atoms in total. The van der Waals surface area contributed by atoms with Gasteiger partial charge >= 0.3 is 0 Å². The first-order chi connectivity index (χ1) is 9.99.